The van der Waals surface area contributed by atoms with Crippen LogP contribution in [0.3, 0.4) is 0 Å². The number of nitrogens with one attached hydrogen (secondary N) is 1. The molecule has 0 unspecified atom stereocenters. The van der Waals surface area contributed by atoms with E-state index in [1.165, 1.54) is 0 Å². The summed E-state index contributed by atoms with van der Waals surface area (Å²) in [5.74, 6) is 1.17. The number of hydrogen-bond donors (Lipinski definition) is 1. The molecule has 2 aromatic heterocycles. The molecule has 0 spiro atoms. The summed E-state index contributed by atoms with van der Waals surface area (Å²) in [5.41, 5.74) is 2.47. The summed E-state index contributed by atoms with van der Waals surface area (Å²) >= 11 is 0. The molecule has 110 valence electrons. The molecule has 3 rings (SSSR count). The zero-order valence-electron chi connectivity index (χ0n) is 12.2. The van der Waals surface area contributed by atoms with Crippen molar-refractivity contribution in [3.05, 3.63) is 77.8 Å². The smallest absolute Gasteiger partial charge is 0.255 e. The Morgan fingerprint density at radius 1 is 1.18 bits per heavy atom. The number of aromatic nitrogens is 1. The lowest BCUT2D eigenvalue weighted by Crippen LogP contribution is -2.22. The van der Waals surface area contributed by atoms with Crippen LogP contribution in [-0.2, 0) is 6.54 Å². The highest BCUT2D eigenvalue weighted by Crippen LogP contribution is 2.25. The molecule has 0 saturated heterocycles. The number of rotatable bonds is 4. The average molecular weight is 292 g/mol. The Hall–Kier alpha value is -2.88. The van der Waals surface area contributed by atoms with Gasteiger partial charge in [-0.25, -0.2) is 0 Å². The van der Waals surface area contributed by atoms with Crippen molar-refractivity contribution in [3.8, 4) is 11.3 Å². The normalized spacial score (nSPS) is 10.4. The van der Waals surface area contributed by atoms with Crippen LogP contribution in [-0.4, -0.2) is 10.9 Å². The van der Waals surface area contributed by atoms with Crippen molar-refractivity contribution in [2.45, 2.75) is 13.5 Å². The Labute approximate surface area is 128 Å². The summed E-state index contributed by atoms with van der Waals surface area (Å²) in [6.45, 7) is 2.24. The maximum absolute atomic E-state index is 12.3. The van der Waals surface area contributed by atoms with Crippen LogP contribution in [0, 0.1) is 6.92 Å². The van der Waals surface area contributed by atoms with Gasteiger partial charge >= 0.3 is 0 Å². The highest BCUT2D eigenvalue weighted by atomic mass is 16.3. The summed E-state index contributed by atoms with van der Waals surface area (Å²) < 4.78 is 5.70. The second-order valence-corrected chi connectivity index (χ2v) is 4.99. The van der Waals surface area contributed by atoms with Crippen LogP contribution >= 0.6 is 0 Å². The lowest BCUT2D eigenvalue weighted by atomic mass is 10.1. The third-order valence-electron chi connectivity index (χ3n) is 3.40. The van der Waals surface area contributed by atoms with E-state index in [2.05, 4.69) is 10.3 Å². The molecule has 1 aromatic carbocycles. The fourth-order valence-corrected chi connectivity index (χ4v) is 2.23. The minimum atomic E-state index is -0.146. The van der Waals surface area contributed by atoms with E-state index in [4.69, 9.17) is 4.42 Å². The molecular formula is C18H16N2O2. The molecule has 1 amide bonds. The Balaban J connectivity index is 1.74. The minimum Gasteiger partial charge on any atom is -0.461 e. The van der Waals surface area contributed by atoms with Gasteiger partial charge in [0, 0.05) is 24.5 Å². The van der Waals surface area contributed by atoms with E-state index in [1.807, 2.05) is 42.5 Å². The maximum atomic E-state index is 12.3. The number of benzene rings is 1. The van der Waals surface area contributed by atoms with Gasteiger partial charge in [-0.2, -0.15) is 0 Å². The third kappa shape index (κ3) is 3.06. The fourth-order valence-electron chi connectivity index (χ4n) is 2.23. The van der Waals surface area contributed by atoms with Gasteiger partial charge in [0.05, 0.1) is 5.56 Å². The standard InChI is InChI=1S/C18H16N2O2/c1-13-16(10-17(22-13)15-7-3-2-4-8-15)18(21)20-12-14-6-5-9-19-11-14/h2-11H,12H2,1H3,(H,20,21). The van der Waals surface area contributed by atoms with Gasteiger partial charge in [0.2, 0.25) is 0 Å². The van der Waals surface area contributed by atoms with Crippen LogP contribution in [0.25, 0.3) is 11.3 Å². The van der Waals surface area contributed by atoms with E-state index in [0.717, 1.165) is 11.1 Å². The van der Waals surface area contributed by atoms with Gasteiger partial charge < -0.3 is 9.73 Å². The van der Waals surface area contributed by atoms with Crippen molar-refractivity contribution in [2.75, 3.05) is 0 Å². The predicted octanol–water partition coefficient (Wildman–Crippen LogP) is 3.58. The molecule has 0 bridgehead atoms. The van der Waals surface area contributed by atoms with Crippen molar-refractivity contribution in [1.82, 2.24) is 10.3 Å². The first-order valence-electron chi connectivity index (χ1n) is 7.07. The number of carbonyl (C=O) groups is 1. The average Bonchev–Trinajstić information content (AvgIpc) is 2.96. The first-order valence-corrected chi connectivity index (χ1v) is 7.07. The van der Waals surface area contributed by atoms with Crippen molar-refractivity contribution >= 4 is 5.91 Å². The van der Waals surface area contributed by atoms with Crippen molar-refractivity contribution in [1.29, 1.82) is 0 Å². The first kappa shape index (κ1) is 14.1. The number of amides is 1. The van der Waals surface area contributed by atoms with Gasteiger partial charge in [0.25, 0.3) is 5.91 Å². The van der Waals surface area contributed by atoms with Gasteiger partial charge in [-0.1, -0.05) is 36.4 Å². The Morgan fingerprint density at radius 2 is 2.00 bits per heavy atom. The number of furan rings is 1. The quantitative estimate of drug-likeness (QED) is 0.799. The van der Waals surface area contributed by atoms with E-state index in [0.29, 0.717) is 23.6 Å². The Bertz CT molecular complexity index is 764. The Morgan fingerprint density at radius 3 is 2.73 bits per heavy atom. The molecule has 0 radical (unpaired) electrons. The van der Waals surface area contributed by atoms with E-state index < -0.39 is 0 Å². The molecule has 0 saturated carbocycles. The number of pyridine rings is 1. The van der Waals surface area contributed by atoms with E-state index in [9.17, 15) is 4.79 Å². The fraction of sp³-hybridized carbons (Fsp3) is 0.111. The van der Waals surface area contributed by atoms with Crippen molar-refractivity contribution < 1.29 is 9.21 Å². The van der Waals surface area contributed by atoms with Crippen LogP contribution in [0.1, 0.15) is 21.7 Å². The number of aryl methyl sites for hydroxylation is 1. The second-order valence-electron chi connectivity index (χ2n) is 4.99. The van der Waals surface area contributed by atoms with E-state index >= 15 is 0 Å². The molecule has 22 heavy (non-hydrogen) atoms. The molecule has 3 aromatic rings. The van der Waals surface area contributed by atoms with Gasteiger partial charge in [-0.3, -0.25) is 9.78 Å². The third-order valence-corrected chi connectivity index (χ3v) is 3.40. The van der Waals surface area contributed by atoms with Crippen LogP contribution in [0.15, 0.2) is 65.3 Å². The molecule has 0 fully saturated rings. The van der Waals surface area contributed by atoms with Crippen LogP contribution < -0.4 is 5.32 Å². The largest absolute Gasteiger partial charge is 0.461 e. The Kier molecular flexibility index (Phi) is 4.01. The summed E-state index contributed by atoms with van der Waals surface area (Å²) in [6, 6.07) is 15.3. The second kappa shape index (κ2) is 6.26. The number of carbonyl (C=O) groups excluding carboxylic acids is 1. The monoisotopic (exact) mass is 292 g/mol. The molecule has 0 aliphatic carbocycles. The minimum absolute atomic E-state index is 0.146. The highest BCUT2D eigenvalue weighted by molar-refractivity contribution is 5.96. The zero-order chi connectivity index (χ0) is 15.4. The van der Waals surface area contributed by atoms with Crippen molar-refractivity contribution in [2.24, 2.45) is 0 Å². The molecule has 4 heteroatoms. The molecule has 0 atom stereocenters. The summed E-state index contributed by atoms with van der Waals surface area (Å²) in [7, 11) is 0. The van der Waals surface area contributed by atoms with Crippen LogP contribution in [0.2, 0.25) is 0 Å². The van der Waals surface area contributed by atoms with Gasteiger partial charge in [-0.15, -0.1) is 0 Å². The lowest BCUT2D eigenvalue weighted by molar-refractivity contribution is 0.0949. The number of nitrogens with zero attached hydrogens (tertiary/aromatic N) is 1. The highest BCUT2D eigenvalue weighted by Gasteiger charge is 2.15. The topological polar surface area (TPSA) is 55.1 Å². The van der Waals surface area contributed by atoms with Crippen LogP contribution in [0.4, 0.5) is 0 Å². The van der Waals surface area contributed by atoms with Crippen molar-refractivity contribution in [3.63, 3.8) is 0 Å². The van der Waals surface area contributed by atoms with Gasteiger partial charge in [0.15, 0.2) is 0 Å². The zero-order valence-corrected chi connectivity index (χ0v) is 12.2. The summed E-state index contributed by atoms with van der Waals surface area (Å²) in [4.78, 5) is 16.3. The van der Waals surface area contributed by atoms with Gasteiger partial charge in [0.1, 0.15) is 11.5 Å². The molecule has 1 N–H and O–H groups in total. The molecule has 4 nitrogen and oxygen atoms in total. The molecule has 0 aliphatic rings. The summed E-state index contributed by atoms with van der Waals surface area (Å²) in [6.07, 6.45) is 3.44. The lowest BCUT2D eigenvalue weighted by Gasteiger charge is -2.03. The van der Waals surface area contributed by atoms with Gasteiger partial charge in [-0.05, 0) is 24.6 Å². The summed E-state index contributed by atoms with van der Waals surface area (Å²) in [5, 5.41) is 2.88. The maximum Gasteiger partial charge on any atom is 0.255 e. The molecular weight excluding hydrogens is 276 g/mol. The van der Waals surface area contributed by atoms with E-state index in [1.54, 1.807) is 25.4 Å². The van der Waals surface area contributed by atoms with E-state index in [-0.39, 0.29) is 5.91 Å². The number of hydrogen-bond acceptors (Lipinski definition) is 3. The van der Waals surface area contributed by atoms with Crippen LogP contribution in [0.5, 0.6) is 0 Å². The molecule has 0 aliphatic heterocycles. The SMILES string of the molecule is Cc1oc(-c2ccccc2)cc1C(=O)NCc1cccnc1. The molecule has 2 heterocycles. The predicted molar refractivity (Wildman–Crippen MR) is 84.3 cm³/mol. The first-order chi connectivity index (χ1) is 10.7.